The Morgan fingerprint density at radius 1 is 1.37 bits per heavy atom. The minimum absolute atomic E-state index is 0.218. The van der Waals surface area contributed by atoms with E-state index >= 15 is 0 Å². The van der Waals surface area contributed by atoms with E-state index in [-0.39, 0.29) is 6.04 Å². The SMILES string of the molecule is CCNC(COc1cccc(Cl)c1)c1ccsc1C. The van der Waals surface area contributed by atoms with Crippen LogP contribution in [-0.2, 0) is 0 Å². The maximum atomic E-state index is 5.95. The van der Waals surface area contributed by atoms with Gasteiger partial charge in [0.2, 0.25) is 0 Å². The van der Waals surface area contributed by atoms with E-state index in [0.29, 0.717) is 11.6 Å². The van der Waals surface area contributed by atoms with Crippen molar-refractivity contribution in [1.82, 2.24) is 5.32 Å². The summed E-state index contributed by atoms with van der Waals surface area (Å²) in [6.07, 6.45) is 0. The van der Waals surface area contributed by atoms with Crippen LogP contribution in [0.4, 0.5) is 0 Å². The fourth-order valence-electron chi connectivity index (χ4n) is 2.00. The Morgan fingerprint density at radius 3 is 2.84 bits per heavy atom. The molecule has 2 rings (SSSR count). The lowest BCUT2D eigenvalue weighted by molar-refractivity contribution is 0.268. The number of nitrogens with one attached hydrogen (secondary N) is 1. The highest BCUT2D eigenvalue weighted by Gasteiger charge is 2.14. The summed E-state index contributed by atoms with van der Waals surface area (Å²) >= 11 is 7.72. The average molecular weight is 296 g/mol. The molecule has 0 aliphatic carbocycles. The van der Waals surface area contributed by atoms with Gasteiger partial charge in [-0.2, -0.15) is 0 Å². The molecular formula is C15H18ClNOS. The number of hydrogen-bond donors (Lipinski definition) is 1. The second-order valence-electron chi connectivity index (χ2n) is 4.31. The quantitative estimate of drug-likeness (QED) is 0.851. The Bertz CT molecular complexity index is 526. The highest BCUT2D eigenvalue weighted by Crippen LogP contribution is 2.24. The van der Waals surface area contributed by atoms with Gasteiger partial charge in [0.15, 0.2) is 0 Å². The molecular weight excluding hydrogens is 278 g/mol. The van der Waals surface area contributed by atoms with Gasteiger partial charge < -0.3 is 10.1 Å². The van der Waals surface area contributed by atoms with E-state index in [2.05, 4.69) is 30.6 Å². The van der Waals surface area contributed by atoms with Gasteiger partial charge >= 0.3 is 0 Å². The Labute approximate surface area is 123 Å². The molecule has 0 aliphatic rings. The second-order valence-corrected chi connectivity index (χ2v) is 5.87. The van der Waals surface area contributed by atoms with Crippen LogP contribution in [0.25, 0.3) is 0 Å². The summed E-state index contributed by atoms with van der Waals surface area (Å²) in [7, 11) is 0. The van der Waals surface area contributed by atoms with Crippen LogP contribution in [0.5, 0.6) is 5.75 Å². The smallest absolute Gasteiger partial charge is 0.120 e. The molecule has 4 heteroatoms. The molecule has 102 valence electrons. The van der Waals surface area contributed by atoms with Crippen LogP contribution < -0.4 is 10.1 Å². The van der Waals surface area contributed by atoms with E-state index in [1.54, 1.807) is 11.3 Å². The number of aryl methyl sites for hydroxylation is 1. The molecule has 1 aromatic carbocycles. The van der Waals surface area contributed by atoms with Crippen LogP contribution in [0.3, 0.4) is 0 Å². The molecule has 2 aromatic rings. The number of thiophene rings is 1. The summed E-state index contributed by atoms with van der Waals surface area (Å²) in [5.41, 5.74) is 1.31. The third-order valence-corrected chi connectivity index (χ3v) is 4.03. The molecule has 0 bridgehead atoms. The number of halogens is 1. The van der Waals surface area contributed by atoms with E-state index in [1.807, 2.05) is 24.3 Å². The van der Waals surface area contributed by atoms with Crippen molar-refractivity contribution in [2.75, 3.05) is 13.2 Å². The van der Waals surface area contributed by atoms with Crippen molar-refractivity contribution >= 4 is 22.9 Å². The molecule has 0 saturated heterocycles. The first-order chi connectivity index (χ1) is 9.20. The zero-order valence-corrected chi connectivity index (χ0v) is 12.7. The van der Waals surface area contributed by atoms with Crippen molar-refractivity contribution in [1.29, 1.82) is 0 Å². The van der Waals surface area contributed by atoms with Gasteiger partial charge in [0, 0.05) is 9.90 Å². The van der Waals surface area contributed by atoms with Crippen molar-refractivity contribution < 1.29 is 4.74 Å². The van der Waals surface area contributed by atoms with E-state index < -0.39 is 0 Å². The molecule has 1 unspecified atom stereocenters. The van der Waals surface area contributed by atoms with Gasteiger partial charge in [-0.3, -0.25) is 0 Å². The summed E-state index contributed by atoms with van der Waals surface area (Å²) in [5, 5.41) is 6.28. The first-order valence-corrected chi connectivity index (χ1v) is 7.62. The number of ether oxygens (including phenoxy) is 1. The third-order valence-electron chi connectivity index (χ3n) is 2.94. The highest BCUT2D eigenvalue weighted by molar-refractivity contribution is 7.10. The largest absolute Gasteiger partial charge is 0.492 e. The molecule has 0 amide bonds. The fraction of sp³-hybridized carbons (Fsp3) is 0.333. The van der Waals surface area contributed by atoms with Gasteiger partial charge in [0.05, 0.1) is 6.04 Å². The van der Waals surface area contributed by atoms with Crippen LogP contribution in [0.15, 0.2) is 35.7 Å². The van der Waals surface area contributed by atoms with Crippen LogP contribution in [0.2, 0.25) is 5.02 Å². The van der Waals surface area contributed by atoms with Crippen LogP contribution in [0, 0.1) is 6.92 Å². The Hall–Kier alpha value is -1.03. The lowest BCUT2D eigenvalue weighted by atomic mass is 10.1. The number of likely N-dealkylation sites (N-methyl/N-ethyl adjacent to an activating group) is 1. The maximum Gasteiger partial charge on any atom is 0.120 e. The lowest BCUT2D eigenvalue weighted by Gasteiger charge is -2.19. The van der Waals surface area contributed by atoms with Crippen molar-refractivity contribution in [2.45, 2.75) is 19.9 Å². The monoisotopic (exact) mass is 295 g/mol. The van der Waals surface area contributed by atoms with Gasteiger partial charge in [0.1, 0.15) is 12.4 Å². The molecule has 0 radical (unpaired) electrons. The first-order valence-electron chi connectivity index (χ1n) is 6.36. The van der Waals surface area contributed by atoms with E-state index in [4.69, 9.17) is 16.3 Å². The van der Waals surface area contributed by atoms with Crippen LogP contribution in [0.1, 0.15) is 23.4 Å². The molecule has 1 heterocycles. The Morgan fingerprint density at radius 2 is 2.21 bits per heavy atom. The third kappa shape index (κ3) is 3.96. The maximum absolute atomic E-state index is 5.95. The fourth-order valence-corrected chi connectivity index (χ4v) is 2.94. The van der Waals surface area contributed by atoms with Gasteiger partial charge in [0.25, 0.3) is 0 Å². The summed E-state index contributed by atoms with van der Waals surface area (Å²) in [6, 6.07) is 9.89. The number of hydrogen-bond acceptors (Lipinski definition) is 3. The molecule has 0 aliphatic heterocycles. The number of benzene rings is 1. The molecule has 19 heavy (non-hydrogen) atoms. The van der Waals surface area contributed by atoms with E-state index in [1.165, 1.54) is 10.4 Å². The lowest BCUT2D eigenvalue weighted by Crippen LogP contribution is -2.26. The van der Waals surface area contributed by atoms with Crippen molar-refractivity contribution in [3.63, 3.8) is 0 Å². The van der Waals surface area contributed by atoms with E-state index in [0.717, 1.165) is 12.3 Å². The average Bonchev–Trinajstić information content (AvgIpc) is 2.81. The zero-order valence-electron chi connectivity index (χ0n) is 11.2. The standard InChI is InChI=1S/C15H18ClNOS/c1-3-17-15(14-7-8-19-11(14)2)10-18-13-6-4-5-12(16)9-13/h4-9,15,17H,3,10H2,1-2H3. The molecule has 1 aromatic heterocycles. The Kier molecular flexibility index (Phi) is 5.25. The van der Waals surface area contributed by atoms with Gasteiger partial charge in [-0.25, -0.2) is 0 Å². The molecule has 1 atom stereocenters. The normalized spacial score (nSPS) is 12.4. The molecule has 0 spiro atoms. The second kappa shape index (κ2) is 6.94. The summed E-state index contributed by atoms with van der Waals surface area (Å²) in [4.78, 5) is 1.33. The van der Waals surface area contributed by atoms with Gasteiger partial charge in [-0.15, -0.1) is 11.3 Å². The van der Waals surface area contributed by atoms with E-state index in [9.17, 15) is 0 Å². The molecule has 2 nitrogen and oxygen atoms in total. The minimum atomic E-state index is 0.218. The molecule has 0 fully saturated rings. The highest BCUT2D eigenvalue weighted by atomic mass is 35.5. The Balaban J connectivity index is 2.04. The number of rotatable bonds is 6. The van der Waals surface area contributed by atoms with Crippen molar-refractivity contribution in [3.05, 3.63) is 51.2 Å². The van der Waals surface area contributed by atoms with Gasteiger partial charge in [-0.1, -0.05) is 24.6 Å². The topological polar surface area (TPSA) is 21.3 Å². The summed E-state index contributed by atoms with van der Waals surface area (Å²) < 4.78 is 5.84. The first kappa shape index (κ1) is 14.4. The predicted molar refractivity (Wildman–Crippen MR) is 82.4 cm³/mol. The zero-order chi connectivity index (χ0) is 13.7. The minimum Gasteiger partial charge on any atom is -0.492 e. The van der Waals surface area contributed by atoms with Crippen LogP contribution in [-0.4, -0.2) is 13.2 Å². The predicted octanol–water partition coefficient (Wildman–Crippen LogP) is 4.44. The molecule has 0 saturated carbocycles. The summed E-state index contributed by atoms with van der Waals surface area (Å²) in [6.45, 7) is 5.77. The van der Waals surface area contributed by atoms with Crippen LogP contribution >= 0.6 is 22.9 Å². The summed E-state index contributed by atoms with van der Waals surface area (Å²) in [5.74, 6) is 0.809. The van der Waals surface area contributed by atoms with Crippen molar-refractivity contribution in [3.8, 4) is 5.75 Å². The molecule has 1 N–H and O–H groups in total. The van der Waals surface area contributed by atoms with Crippen molar-refractivity contribution in [2.24, 2.45) is 0 Å². The van der Waals surface area contributed by atoms with Gasteiger partial charge in [-0.05, 0) is 48.7 Å².